The molecule has 0 spiro atoms. The van der Waals surface area contributed by atoms with Gasteiger partial charge in [0.25, 0.3) is 0 Å². The highest BCUT2D eigenvalue weighted by Gasteiger charge is 2.54. The summed E-state index contributed by atoms with van der Waals surface area (Å²) in [5, 5.41) is 9.93. The molecule has 1 N–H and O–H groups in total. The monoisotopic (exact) mass is 412 g/mol. The van der Waals surface area contributed by atoms with E-state index in [1.807, 2.05) is 24.3 Å². The first kappa shape index (κ1) is 20.9. The van der Waals surface area contributed by atoms with Crippen molar-refractivity contribution in [2.45, 2.75) is 30.8 Å². The van der Waals surface area contributed by atoms with E-state index in [0.29, 0.717) is 39.2 Å². The van der Waals surface area contributed by atoms with E-state index in [0.717, 1.165) is 11.1 Å². The Morgan fingerprint density at radius 2 is 2.00 bits per heavy atom. The smallest absolute Gasteiger partial charge is 0.242 e. The third kappa shape index (κ3) is 3.95. The van der Waals surface area contributed by atoms with Gasteiger partial charge in [0.05, 0.1) is 25.2 Å². The van der Waals surface area contributed by atoms with Gasteiger partial charge in [0.1, 0.15) is 6.61 Å². The summed E-state index contributed by atoms with van der Waals surface area (Å²) in [6.07, 6.45) is 1.43. The Bertz CT molecular complexity index is 837. The highest BCUT2D eigenvalue weighted by molar-refractivity contribution is 5.88. The van der Waals surface area contributed by atoms with E-state index in [1.165, 1.54) is 0 Å². The summed E-state index contributed by atoms with van der Waals surface area (Å²) >= 11 is 0. The number of ether oxygens (including phenoxy) is 2. The summed E-state index contributed by atoms with van der Waals surface area (Å²) in [6.45, 7) is 2.11. The van der Waals surface area contributed by atoms with Gasteiger partial charge in [-0.25, -0.2) is 0 Å². The molecule has 1 aromatic carbocycles. The van der Waals surface area contributed by atoms with Crippen molar-refractivity contribution in [1.29, 1.82) is 0 Å². The summed E-state index contributed by atoms with van der Waals surface area (Å²) in [6, 6.07) is 7.57. The van der Waals surface area contributed by atoms with Crippen molar-refractivity contribution in [3.63, 3.8) is 0 Å². The van der Waals surface area contributed by atoms with Crippen LogP contribution in [0.3, 0.4) is 0 Å². The number of fused-ring (bicyclic) bond motifs is 1. The Morgan fingerprint density at radius 3 is 2.67 bits per heavy atom. The highest BCUT2D eigenvalue weighted by atomic mass is 16.5. The zero-order chi connectivity index (χ0) is 21.1. The van der Waals surface area contributed by atoms with E-state index in [2.05, 4.69) is 11.8 Å². The molecule has 3 heterocycles. The molecule has 0 unspecified atom stereocenters. The fourth-order valence-corrected chi connectivity index (χ4v) is 4.87. The molecule has 0 radical (unpaired) electrons. The number of hydrogen-bond donors (Lipinski definition) is 1. The molecule has 4 rings (SSSR count). The molecule has 1 aromatic rings. The summed E-state index contributed by atoms with van der Waals surface area (Å²) in [5.41, 5.74) is 1.95. The molecule has 7 nitrogen and oxygen atoms in total. The van der Waals surface area contributed by atoms with Gasteiger partial charge in [-0.2, -0.15) is 0 Å². The maximum atomic E-state index is 13.0. The first-order valence-electron chi connectivity index (χ1n) is 10.5. The van der Waals surface area contributed by atoms with Crippen LogP contribution in [0.1, 0.15) is 29.9 Å². The average Bonchev–Trinajstić information content (AvgIpc) is 2.76. The number of aliphatic hydroxyl groups excluding tert-OH is 1. The number of methoxy groups -OCH3 is 1. The van der Waals surface area contributed by atoms with Crippen LogP contribution in [0.15, 0.2) is 24.3 Å². The second kappa shape index (κ2) is 9.17. The third-order valence-electron chi connectivity index (χ3n) is 6.38. The van der Waals surface area contributed by atoms with Gasteiger partial charge in [-0.1, -0.05) is 24.0 Å². The second-order valence-corrected chi connectivity index (χ2v) is 8.11. The van der Waals surface area contributed by atoms with Crippen LogP contribution in [0.5, 0.6) is 0 Å². The standard InChI is InChI=1S/C23H28N2O5/c1-29-10-2-3-16-4-6-17(7-5-16)22-19-13-24(14-21(27)25(19)20(22)15-26)23(28)18-8-11-30-12-9-18/h4-7,18-20,22,26H,8-15H2,1H3/t19-,20+,22+/m1/s1. The zero-order valence-corrected chi connectivity index (χ0v) is 17.3. The first-order chi connectivity index (χ1) is 14.6. The van der Waals surface area contributed by atoms with Gasteiger partial charge < -0.3 is 24.4 Å². The number of rotatable bonds is 4. The fourth-order valence-electron chi connectivity index (χ4n) is 4.87. The lowest BCUT2D eigenvalue weighted by atomic mass is 9.73. The number of aliphatic hydroxyl groups is 1. The molecule has 160 valence electrons. The fraction of sp³-hybridized carbons (Fsp3) is 0.565. The Balaban J connectivity index is 1.49. The van der Waals surface area contributed by atoms with Crippen molar-refractivity contribution in [3.8, 4) is 11.8 Å². The van der Waals surface area contributed by atoms with E-state index in [1.54, 1.807) is 16.9 Å². The lowest BCUT2D eigenvalue weighted by Gasteiger charge is -2.59. The molecule has 2 amide bonds. The van der Waals surface area contributed by atoms with Gasteiger partial charge in [0.2, 0.25) is 11.8 Å². The normalized spacial score (nSPS) is 26.5. The van der Waals surface area contributed by atoms with Gasteiger partial charge in [-0.05, 0) is 30.5 Å². The van der Waals surface area contributed by atoms with Crippen molar-refractivity contribution in [2.75, 3.05) is 46.6 Å². The van der Waals surface area contributed by atoms with Crippen molar-refractivity contribution in [1.82, 2.24) is 9.80 Å². The number of nitrogens with zero attached hydrogens (tertiary/aromatic N) is 2. The van der Waals surface area contributed by atoms with Crippen LogP contribution in [-0.2, 0) is 19.1 Å². The maximum absolute atomic E-state index is 13.0. The molecule has 3 atom stereocenters. The summed E-state index contributed by atoms with van der Waals surface area (Å²) in [5.74, 6) is 5.89. The molecule has 0 aromatic heterocycles. The van der Waals surface area contributed by atoms with Crippen LogP contribution < -0.4 is 0 Å². The SMILES string of the molecule is COCC#Cc1ccc([C@H]2[C@H]3CN(C(=O)C4CCOCC4)CC(=O)N3[C@H]2CO)cc1. The van der Waals surface area contributed by atoms with Crippen molar-refractivity contribution in [2.24, 2.45) is 5.92 Å². The first-order valence-corrected chi connectivity index (χ1v) is 10.5. The van der Waals surface area contributed by atoms with Gasteiger partial charge in [0.15, 0.2) is 0 Å². The molecule has 3 fully saturated rings. The number of hydrogen-bond acceptors (Lipinski definition) is 5. The Kier molecular flexibility index (Phi) is 6.38. The highest BCUT2D eigenvalue weighted by Crippen LogP contribution is 2.43. The lowest BCUT2D eigenvalue weighted by molar-refractivity contribution is -0.169. The molecular formula is C23H28N2O5. The molecule has 0 bridgehead atoms. The second-order valence-electron chi connectivity index (χ2n) is 8.11. The summed E-state index contributed by atoms with van der Waals surface area (Å²) in [7, 11) is 1.61. The Hall–Kier alpha value is -2.40. The van der Waals surface area contributed by atoms with Crippen LogP contribution in [0, 0.1) is 17.8 Å². The quantitative estimate of drug-likeness (QED) is 0.733. The van der Waals surface area contributed by atoms with Crippen molar-refractivity contribution < 1.29 is 24.2 Å². The Labute approximate surface area is 176 Å². The van der Waals surface area contributed by atoms with Crippen molar-refractivity contribution in [3.05, 3.63) is 35.4 Å². The minimum atomic E-state index is -0.242. The molecule has 7 heteroatoms. The summed E-state index contributed by atoms with van der Waals surface area (Å²) < 4.78 is 10.3. The van der Waals surface area contributed by atoms with Crippen LogP contribution in [0.25, 0.3) is 0 Å². The molecule has 3 aliphatic heterocycles. The van der Waals surface area contributed by atoms with E-state index >= 15 is 0 Å². The van der Waals surface area contributed by atoms with E-state index in [-0.39, 0.29) is 48.9 Å². The average molecular weight is 412 g/mol. The van der Waals surface area contributed by atoms with E-state index in [9.17, 15) is 14.7 Å². The van der Waals surface area contributed by atoms with E-state index < -0.39 is 0 Å². The Morgan fingerprint density at radius 1 is 1.27 bits per heavy atom. The molecule has 3 aliphatic rings. The molecule has 30 heavy (non-hydrogen) atoms. The van der Waals surface area contributed by atoms with Gasteiger partial charge in [0, 0.05) is 44.3 Å². The lowest BCUT2D eigenvalue weighted by Crippen LogP contribution is -2.73. The largest absolute Gasteiger partial charge is 0.394 e. The molecular weight excluding hydrogens is 384 g/mol. The number of carbonyl (C=O) groups excluding carboxylic acids is 2. The number of amides is 2. The number of benzene rings is 1. The maximum Gasteiger partial charge on any atom is 0.242 e. The number of carbonyl (C=O) groups is 2. The van der Waals surface area contributed by atoms with Crippen LogP contribution >= 0.6 is 0 Å². The summed E-state index contributed by atoms with van der Waals surface area (Å²) in [4.78, 5) is 29.2. The van der Waals surface area contributed by atoms with Crippen LogP contribution in [0.4, 0.5) is 0 Å². The van der Waals surface area contributed by atoms with E-state index in [4.69, 9.17) is 9.47 Å². The molecule has 0 aliphatic carbocycles. The van der Waals surface area contributed by atoms with Gasteiger partial charge >= 0.3 is 0 Å². The van der Waals surface area contributed by atoms with Crippen LogP contribution in [-0.4, -0.2) is 85.4 Å². The molecule has 3 saturated heterocycles. The molecule has 0 saturated carbocycles. The van der Waals surface area contributed by atoms with Gasteiger partial charge in [-0.15, -0.1) is 0 Å². The van der Waals surface area contributed by atoms with Gasteiger partial charge in [-0.3, -0.25) is 9.59 Å². The van der Waals surface area contributed by atoms with Crippen molar-refractivity contribution >= 4 is 11.8 Å². The third-order valence-corrected chi connectivity index (χ3v) is 6.38. The van der Waals surface area contributed by atoms with Crippen LogP contribution in [0.2, 0.25) is 0 Å². The topological polar surface area (TPSA) is 79.3 Å². The minimum Gasteiger partial charge on any atom is -0.394 e. The zero-order valence-electron chi connectivity index (χ0n) is 17.3. The number of piperazine rings is 1. The minimum absolute atomic E-state index is 0.00484. The predicted octanol–water partition coefficient (Wildman–Crippen LogP) is 0.609. The predicted molar refractivity (Wildman–Crippen MR) is 110 cm³/mol.